The summed E-state index contributed by atoms with van der Waals surface area (Å²) in [6.45, 7) is 0.777. The summed E-state index contributed by atoms with van der Waals surface area (Å²) < 4.78 is 5.82. The van der Waals surface area contributed by atoms with Gasteiger partial charge in [-0.2, -0.15) is 5.10 Å². The van der Waals surface area contributed by atoms with Crippen LogP contribution in [0.2, 0.25) is 0 Å². The van der Waals surface area contributed by atoms with E-state index in [9.17, 15) is 5.11 Å². The molecule has 4 rings (SSSR count). The molecule has 0 bridgehead atoms. The lowest BCUT2D eigenvalue weighted by Gasteiger charge is -2.21. The Kier molecular flexibility index (Phi) is 2.63. The first-order chi connectivity index (χ1) is 9.84. The van der Waals surface area contributed by atoms with E-state index in [-0.39, 0.29) is 6.10 Å². The number of ether oxygens (including phenoxy) is 1. The molecule has 2 heterocycles. The minimum absolute atomic E-state index is 0.0146. The Balaban J connectivity index is 1.96. The molecule has 2 N–H and O–H groups in total. The van der Waals surface area contributed by atoms with Crippen molar-refractivity contribution in [3.8, 4) is 5.75 Å². The van der Waals surface area contributed by atoms with Crippen LogP contribution >= 0.6 is 0 Å². The average molecular weight is 268 g/mol. The zero-order chi connectivity index (χ0) is 13.5. The maximum atomic E-state index is 10.6. The molecule has 3 aromatic rings. The van der Waals surface area contributed by atoms with Gasteiger partial charge in [0, 0.05) is 12.0 Å². The Morgan fingerprint density at radius 1 is 1.25 bits per heavy atom. The van der Waals surface area contributed by atoms with E-state index in [4.69, 9.17) is 4.74 Å². The zero-order valence-electron chi connectivity index (χ0n) is 11.1. The van der Waals surface area contributed by atoms with E-state index in [1.807, 2.05) is 30.3 Å². The van der Waals surface area contributed by atoms with Crippen LogP contribution in [0.4, 0.5) is 0 Å². The lowest BCUT2D eigenvalue weighted by atomic mass is 10.00. The number of benzene rings is 2. The number of fused-ring (bicyclic) bond motifs is 2. The highest BCUT2D eigenvalue weighted by Gasteiger charge is 2.23. The van der Waals surface area contributed by atoms with Gasteiger partial charge in [-0.1, -0.05) is 24.3 Å². The second-order valence-electron chi connectivity index (χ2n) is 5.33. The lowest BCUT2D eigenvalue weighted by Crippen LogP contribution is -2.12. The van der Waals surface area contributed by atoms with E-state index in [2.05, 4.69) is 10.2 Å². The van der Waals surface area contributed by atoms with Crippen molar-refractivity contribution in [1.82, 2.24) is 10.2 Å². The summed E-state index contributed by atoms with van der Waals surface area (Å²) in [5.74, 6) is 0.302. The first kappa shape index (κ1) is 11.7. The van der Waals surface area contributed by atoms with Crippen LogP contribution in [0.15, 0.2) is 30.3 Å². The van der Waals surface area contributed by atoms with E-state index in [1.165, 1.54) is 0 Å². The number of nitrogens with zero attached hydrogens (tertiary/aromatic N) is 1. The van der Waals surface area contributed by atoms with Crippen molar-refractivity contribution in [2.24, 2.45) is 0 Å². The number of aromatic nitrogens is 2. The zero-order valence-corrected chi connectivity index (χ0v) is 11.1. The molecule has 4 nitrogen and oxygen atoms in total. The van der Waals surface area contributed by atoms with E-state index in [0.717, 1.165) is 53.2 Å². The van der Waals surface area contributed by atoms with Crippen LogP contribution in [0.3, 0.4) is 0 Å². The van der Waals surface area contributed by atoms with E-state index >= 15 is 0 Å². The van der Waals surface area contributed by atoms with Gasteiger partial charge in [-0.3, -0.25) is 5.10 Å². The molecule has 0 aliphatic carbocycles. The van der Waals surface area contributed by atoms with Crippen molar-refractivity contribution in [2.75, 3.05) is 6.61 Å². The van der Waals surface area contributed by atoms with Crippen molar-refractivity contribution in [3.05, 3.63) is 36.0 Å². The Bertz CT molecular complexity index is 773. The number of aromatic hydroxyl groups is 1. The summed E-state index contributed by atoms with van der Waals surface area (Å²) in [5, 5.41) is 20.7. The number of rotatable bonds is 1. The van der Waals surface area contributed by atoms with Crippen molar-refractivity contribution >= 4 is 21.7 Å². The Hall–Kier alpha value is -2.07. The van der Waals surface area contributed by atoms with Crippen molar-refractivity contribution < 1.29 is 9.84 Å². The molecule has 1 fully saturated rings. The molecule has 20 heavy (non-hydrogen) atoms. The second-order valence-corrected chi connectivity index (χ2v) is 5.33. The maximum Gasteiger partial charge on any atom is 0.134 e. The topological polar surface area (TPSA) is 58.1 Å². The van der Waals surface area contributed by atoms with Crippen LogP contribution in [-0.2, 0) is 4.74 Å². The van der Waals surface area contributed by atoms with Gasteiger partial charge in [0.15, 0.2) is 0 Å². The van der Waals surface area contributed by atoms with Crippen LogP contribution in [-0.4, -0.2) is 21.9 Å². The van der Waals surface area contributed by atoms with Gasteiger partial charge in [0.25, 0.3) is 0 Å². The van der Waals surface area contributed by atoms with Crippen LogP contribution in [0.25, 0.3) is 21.7 Å². The second kappa shape index (κ2) is 4.49. The third-order valence-corrected chi connectivity index (χ3v) is 4.07. The molecular formula is C16H16N2O2. The number of hydrogen-bond acceptors (Lipinski definition) is 3. The van der Waals surface area contributed by atoms with Crippen LogP contribution in [0.1, 0.15) is 31.1 Å². The first-order valence-electron chi connectivity index (χ1n) is 7.05. The highest BCUT2D eigenvalue weighted by atomic mass is 16.5. The summed E-state index contributed by atoms with van der Waals surface area (Å²) in [5.41, 5.74) is 1.70. The number of phenolic OH excluding ortho intramolecular Hbond substituents is 1. The summed E-state index contributed by atoms with van der Waals surface area (Å²) in [4.78, 5) is 0. The fourth-order valence-electron chi connectivity index (χ4n) is 3.05. The molecule has 0 saturated carbocycles. The summed E-state index contributed by atoms with van der Waals surface area (Å²) in [6, 6.07) is 9.83. The predicted molar refractivity (Wildman–Crippen MR) is 77.8 cm³/mol. The third kappa shape index (κ3) is 1.68. The highest BCUT2D eigenvalue weighted by molar-refractivity contribution is 6.04. The molecule has 1 aliphatic heterocycles. The van der Waals surface area contributed by atoms with E-state index in [0.29, 0.717) is 5.75 Å². The minimum Gasteiger partial charge on any atom is -0.507 e. The van der Waals surface area contributed by atoms with Gasteiger partial charge in [-0.15, -0.1) is 0 Å². The van der Waals surface area contributed by atoms with Crippen molar-refractivity contribution in [2.45, 2.75) is 25.4 Å². The third-order valence-electron chi connectivity index (χ3n) is 4.07. The van der Waals surface area contributed by atoms with Gasteiger partial charge in [0.05, 0.1) is 22.7 Å². The van der Waals surface area contributed by atoms with Crippen LogP contribution in [0, 0.1) is 0 Å². The molecule has 0 radical (unpaired) electrons. The molecule has 1 aromatic heterocycles. The van der Waals surface area contributed by atoms with Gasteiger partial charge in [0.2, 0.25) is 0 Å². The molecular weight excluding hydrogens is 252 g/mol. The summed E-state index contributed by atoms with van der Waals surface area (Å²) >= 11 is 0. The lowest BCUT2D eigenvalue weighted by molar-refractivity contribution is 0.0131. The van der Waals surface area contributed by atoms with E-state index < -0.39 is 0 Å². The fourth-order valence-corrected chi connectivity index (χ4v) is 3.05. The van der Waals surface area contributed by atoms with Gasteiger partial charge in [-0.05, 0) is 30.7 Å². The highest BCUT2D eigenvalue weighted by Crippen LogP contribution is 2.39. The molecule has 1 saturated heterocycles. The van der Waals surface area contributed by atoms with Gasteiger partial charge < -0.3 is 9.84 Å². The average Bonchev–Trinajstić information content (AvgIpc) is 2.92. The molecule has 4 heteroatoms. The quantitative estimate of drug-likeness (QED) is 0.708. The Labute approximate surface area is 116 Å². The fraction of sp³-hybridized carbons (Fsp3) is 0.312. The molecule has 0 spiro atoms. The minimum atomic E-state index is 0.0146. The number of hydrogen-bond donors (Lipinski definition) is 2. The largest absolute Gasteiger partial charge is 0.507 e. The Morgan fingerprint density at radius 2 is 2.15 bits per heavy atom. The maximum absolute atomic E-state index is 10.6. The number of nitrogens with one attached hydrogen (secondary N) is 1. The van der Waals surface area contributed by atoms with Crippen molar-refractivity contribution in [1.29, 1.82) is 0 Å². The van der Waals surface area contributed by atoms with Crippen LogP contribution in [0.5, 0.6) is 5.75 Å². The molecule has 102 valence electrons. The number of phenols is 1. The Morgan fingerprint density at radius 3 is 3.00 bits per heavy atom. The molecule has 1 aliphatic rings. The van der Waals surface area contributed by atoms with E-state index in [1.54, 1.807) is 0 Å². The SMILES string of the molecule is Oc1c2ccccc2cc2n[nH]c(C3CCCCO3)c12. The van der Waals surface area contributed by atoms with Gasteiger partial charge in [-0.25, -0.2) is 0 Å². The summed E-state index contributed by atoms with van der Waals surface area (Å²) in [7, 11) is 0. The van der Waals surface area contributed by atoms with Crippen LogP contribution < -0.4 is 0 Å². The van der Waals surface area contributed by atoms with Crippen molar-refractivity contribution in [3.63, 3.8) is 0 Å². The monoisotopic (exact) mass is 268 g/mol. The predicted octanol–water partition coefficient (Wildman–Crippen LogP) is 3.66. The van der Waals surface area contributed by atoms with Gasteiger partial charge >= 0.3 is 0 Å². The summed E-state index contributed by atoms with van der Waals surface area (Å²) in [6.07, 6.45) is 3.25. The van der Waals surface area contributed by atoms with Gasteiger partial charge in [0.1, 0.15) is 5.75 Å². The normalized spacial score (nSPS) is 19.7. The molecule has 2 aromatic carbocycles. The standard InChI is InChI=1S/C16H16N2O2/c19-16-11-6-2-1-5-10(11)9-12-14(16)15(18-17-12)13-7-3-4-8-20-13/h1-2,5-6,9,13,19H,3-4,7-8H2,(H,17,18). The molecule has 1 unspecified atom stereocenters. The number of H-pyrrole nitrogens is 1. The molecule has 1 atom stereocenters. The first-order valence-corrected chi connectivity index (χ1v) is 7.05. The smallest absolute Gasteiger partial charge is 0.134 e. The number of aromatic amines is 1. The molecule has 0 amide bonds.